The summed E-state index contributed by atoms with van der Waals surface area (Å²) in [6.07, 6.45) is 0. The van der Waals surface area contributed by atoms with E-state index in [1.165, 1.54) is 33.4 Å². The molecule has 0 amide bonds. The molecule has 47 heavy (non-hydrogen) atoms. The number of hydrogen-bond donors (Lipinski definition) is 0. The van der Waals surface area contributed by atoms with E-state index in [-0.39, 0.29) is 0 Å². The summed E-state index contributed by atoms with van der Waals surface area (Å²) in [7, 11) is 2.13. The molecule has 230 valence electrons. The van der Waals surface area contributed by atoms with Gasteiger partial charge in [0, 0.05) is 35.5 Å². The van der Waals surface area contributed by atoms with Gasteiger partial charge in [0.25, 0.3) is 0 Å². The van der Waals surface area contributed by atoms with Gasteiger partial charge in [0.1, 0.15) is 0 Å². The summed E-state index contributed by atoms with van der Waals surface area (Å²) < 4.78 is 0. The summed E-state index contributed by atoms with van der Waals surface area (Å²) in [5, 5.41) is 0. The minimum absolute atomic E-state index is 1.10. The Hall–Kier alpha value is -5.86. The monoisotopic (exact) mass is 608 g/mol. The topological polar surface area (TPSA) is 6.48 Å². The Morgan fingerprint density at radius 2 is 0.596 bits per heavy atom. The summed E-state index contributed by atoms with van der Waals surface area (Å²) >= 11 is 0. The molecule has 0 heterocycles. The van der Waals surface area contributed by atoms with Crippen LogP contribution in [0.5, 0.6) is 0 Å². The summed E-state index contributed by atoms with van der Waals surface area (Å²) in [5.74, 6) is 0. The van der Waals surface area contributed by atoms with Crippen LogP contribution in [0, 0.1) is 0 Å². The summed E-state index contributed by atoms with van der Waals surface area (Å²) in [6.45, 7) is 4.00. The van der Waals surface area contributed by atoms with E-state index < -0.39 is 0 Å². The van der Waals surface area contributed by atoms with Gasteiger partial charge in [0.15, 0.2) is 0 Å². The van der Waals surface area contributed by atoms with Gasteiger partial charge < -0.3 is 9.80 Å². The van der Waals surface area contributed by atoms with Crippen molar-refractivity contribution in [3.05, 3.63) is 188 Å². The molecule has 0 aliphatic rings. The molecule has 0 unspecified atom stereocenters. The van der Waals surface area contributed by atoms with Crippen LogP contribution >= 0.6 is 0 Å². The predicted molar refractivity (Wildman–Crippen MR) is 203 cm³/mol. The maximum atomic E-state index is 2.32. The molecule has 2 heteroatoms. The van der Waals surface area contributed by atoms with Crippen LogP contribution in [-0.4, -0.2) is 7.05 Å². The van der Waals surface area contributed by atoms with Gasteiger partial charge >= 0.3 is 0 Å². The van der Waals surface area contributed by atoms with Crippen LogP contribution in [0.4, 0.5) is 28.4 Å². The molecule has 2 nitrogen and oxygen atoms in total. The molecule has 0 aromatic heterocycles. The lowest BCUT2D eigenvalue weighted by atomic mass is 10.0. The number of hydrogen-bond acceptors (Lipinski definition) is 2. The number of nitrogens with zero attached hydrogens (tertiary/aromatic N) is 2. The molecule has 7 aromatic carbocycles. The van der Waals surface area contributed by atoms with Gasteiger partial charge in [-0.3, -0.25) is 0 Å². The average molecular weight is 609 g/mol. The number of rotatable bonds is 8. The second-order valence-electron chi connectivity index (χ2n) is 11.2. The van der Waals surface area contributed by atoms with Crippen LogP contribution in [0.25, 0.3) is 33.4 Å². The smallest absolute Gasteiger partial charge is 0.0463 e. The van der Waals surface area contributed by atoms with Crippen LogP contribution in [0.2, 0.25) is 0 Å². The van der Waals surface area contributed by atoms with Crippen molar-refractivity contribution in [1.29, 1.82) is 0 Å². The first kappa shape index (κ1) is 31.1. The summed E-state index contributed by atoms with van der Waals surface area (Å²) in [4.78, 5) is 4.56. The summed E-state index contributed by atoms with van der Waals surface area (Å²) in [6, 6.07) is 66.8. The quantitative estimate of drug-likeness (QED) is 0.169. The molecule has 0 saturated heterocycles. The van der Waals surface area contributed by atoms with Gasteiger partial charge in [0.05, 0.1) is 0 Å². The van der Waals surface area contributed by atoms with Crippen molar-refractivity contribution >= 4 is 28.4 Å². The van der Waals surface area contributed by atoms with Crippen LogP contribution in [0.1, 0.15) is 13.8 Å². The molecule has 0 radical (unpaired) electrons. The van der Waals surface area contributed by atoms with E-state index in [0.29, 0.717) is 0 Å². The highest BCUT2D eigenvalue weighted by atomic mass is 15.1. The van der Waals surface area contributed by atoms with E-state index in [0.717, 1.165) is 28.4 Å². The van der Waals surface area contributed by atoms with Crippen LogP contribution in [0.3, 0.4) is 0 Å². The van der Waals surface area contributed by atoms with Gasteiger partial charge in [0.2, 0.25) is 0 Å². The van der Waals surface area contributed by atoms with Gasteiger partial charge in [-0.2, -0.15) is 0 Å². The molecule has 7 rings (SSSR count). The Morgan fingerprint density at radius 1 is 0.277 bits per heavy atom. The van der Waals surface area contributed by atoms with Crippen molar-refractivity contribution in [2.24, 2.45) is 0 Å². The van der Waals surface area contributed by atoms with E-state index in [1.54, 1.807) is 0 Å². The predicted octanol–water partition coefficient (Wildman–Crippen LogP) is 13.0. The van der Waals surface area contributed by atoms with Gasteiger partial charge in [-0.05, 0) is 94.0 Å². The fourth-order valence-electron chi connectivity index (χ4n) is 5.81. The number of benzene rings is 7. The normalized spacial score (nSPS) is 10.4. The lowest BCUT2D eigenvalue weighted by molar-refractivity contribution is 1.20. The molecule has 0 bridgehead atoms. The van der Waals surface area contributed by atoms with Crippen molar-refractivity contribution in [2.75, 3.05) is 16.8 Å². The Balaban J connectivity index is 0.00000190. The molecule has 0 N–H and O–H groups in total. The molecule has 0 fully saturated rings. The van der Waals surface area contributed by atoms with Crippen molar-refractivity contribution in [1.82, 2.24) is 0 Å². The van der Waals surface area contributed by atoms with E-state index in [1.807, 2.05) is 13.8 Å². The zero-order chi connectivity index (χ0) is 32.4. The fraction of sp³-hybridized carbons (Fsp3) is 0.0667. The standard InChI is InChI=1S/C43H34N2.C2H6/c1-44(43-19-11-18-38(32-43)35-16-9-4-10-17-35)39-28-30-42(31-29-39)45(40-24-20-36(21-25-40)33-12-5-2-6-13-33)41-26-22-37(23-27-41)34-14-7-3-8-15-34;1-2/h2-32H,1H3;1-2H3. The van der Waals surface area contributed by atoms with Crippen LogP contribution < -0.4 is 9.80 Å². The zero-order valence-corrected chi connectivity index (χ0v) is 27.3. The van der Waals surface area contributed by atoms with E-state index >= 15 is 0 Å². The Kier molecular flexibility index (Phi) is 9.90. The second-order valence-corrected chi connectivity index (χ2v) is 11.2. The van der Waals surface area contributed by atoms with Crippen molar-refractivity contribution < 1.29 is 0 Å². The molecule has 7 aromatic rings. The first-order valence-corrected chi connectivity index (χ1v) is 16.3. The highest BCUT2D eigenvalue weighted by Gasteiger charge is 2.14. The summed E-state index contributed by atoms with van der Waals surface area (Å²) in [5.41, 5.74) is 12.9. The molecule has 0 aliphatic heterocycles. The first-order chi connectivity index (χ1) is 23.2. The highest BCUT2D eigenvalue weighted by molar-refractivity contribution is 5.81. The van der Waals surface area contributed by atoms with E-state index in [9.17, 15) is 0 Å². The lowest BCUT2D eigenvalue weighted by Gasteiger charge is -2.27. The lowest BCUT2D eigenvalue weighted by Crippen LogP contribution is -2.12. The van der Waals surface area contributed by atoms with Gasteiger partial charge in [-0.1, -0.05) is 141 Å². The maximum Gasteiger partial charge on any atom is 0.0463 e. The van der Waals surface area contributed by atoms with E-state index in [4.69, 9.17) is 0 Å². The number of anilines is 5. The average Bonchev–Trinajstić information content (AvgIpc) is 3.17. The first-order valence-electron chi connectivity index (χ1n) is 16.3. The largest absolute Gasteiger partial charge is 0.345 e. The van der Waals surface area contributed by atoms with E-state index in [2.05, 4.69) is 205 Å². The third-order valence-corrected chi connectivity index (χ3v) is 8.30. The van der Waals surface area contributed by atoms with Crippen LogP contribution in [-0.2, 0) is 0 Å². The maximum absolute atomic E-state index is 2.32. The Labute approximate surface area is 279 Å². The Bertz CT molecular complexity index is 1880. The van der Waals surface area contributed by atoms with Crippen molar-refractivity contribution in [2.45, 2.75) is 13.8 Å². The third kappa shape index (κ3) is 7.19. The molecule has 0 saturated carbocycles. The molecule has 0 spiro atoms. The molecular weight excluding hydrogens is 569 g/mol. The minimum atomic E-state index is 1.10. The SMILES string of the molecule is CC.CN(c1ccc(N(c2ccc(-c3ccccc3)cc2)c2ccc(-c3ccccc3)cc2)cc1)c1cccc(-c2ccccc2)c1. The molecule has 0 atom stereocenters. The molecular formula is C45H40N2. The zero-order valence-electron chi connectivity index (χ0n) is 27.3. The molecule has 0 aliphatic carbocycles. The third-order valence-electron chi connectivity index (χ3n) is 8.30. The van der Waals surface area contributed by atoms with Gasteiger partial charge in [-0.15, -0.1) is 0 Å². The van der Waals surface area contributed by atoms with Crippen molar-refractivity contribution in [3.63, 3.8) is 0 Å². The second kappa shape index (κ2) is 14.9. The van der Waals surface area contributed by atoms with Crippen molar-refractivity contribution in [3.8, 4) is 33.4 Å². The van der Waals surface area contributed by atoms with Crippen LogP contribution in [0.15, 0.2) is 188 Å². The highest BCUT2D eigenvalue weighted by Crippen LogP contribution is 2.38. The van der Waals surface area contributed by atoms with Gasteiger partial charge in [-0.25, -0.2) is 0 Å². The minimum Gasteiger partial charge on any atom is -0.345 e. The Morgan fingerprint density at radius 3 is 1.02 bits per heavy atom. The fourth-order valence-corrected chi connectivity index (χ4v) is 5.81.